The Labute approximate surface area is 445 Å². The molecule has 17 heteroatoms. The van der Waals surface area contributed by atoms with E-state index in [4.69, 9.17) is 0 Å². The summed E-state index contributed by atoms with van der Waals surface area (Å²) in [6.45, 7) is 14.6. The monoisotopic (exact) mass is 1050 g/mol. The molecule has 1 saturated carbocycles. The number of likely N-dealkylation sites (N-methyl/N-ethyl adjacent to an activating group) is 2. The Bertz CT molecular complexity index is 2400. The van der Waals surface area contributed by atoms with E-state index in [9.17, 15) is 33.6 Å². The Balaban J connectivity index is 0.00000703. The third-order valence-electron chi connectivity index (χ3n) is 14.2. The van der Waals surface area contributed by atoms with E-state index < -0.39 is 70.7 Å². The fraction of sp³-hybridized carbons (Fsp3) is 0.589. The molecule has 5 rings (SSSR count). The van der Waals surface area contributed by atoms with E-state index in [0.29, 0.717) is 0 Å². The van der Waals surface area contributed by atoms with Crippen molar-refractivity contribution in [2.75, 3.05) is 14.1 Å². The second-order valence-electron chi connectivity index (χ2n) is 21.7. The lowest BCUT2D eigenvalue weighted by Crippen LogP contribution is -2.59. The van der Waals surface area contributed by atoms with Crippen LogP contribution in [0.5, 0.6) is 0 Å². The number of aryl methyl sites for hydroxylation is 2. The summed E-state index contributed by atoms with van der Waals surface area (Å²) < 4.78 is 0. The first kappa shape index (κ1) is 61.8. The summed E-state index contributed by atoms with van der Waals surface area (Å²) in [4.78, 5) is 96.1. The minimum absolute atomic E-state index is 0. The molecule has 10 atom stereocenters. The number of benzene rings is 2. The van der Waals surface area contributed by atoms with Crippen LogP contribution >= 0.6 is 24.8 Å². The summed E-state index contributed by atoms with van der Waals surface area (Å²) in [5.74, 6) is 7.56. The maximum atomic E-state index is 14.6. The maximum absolute atomic E-state index is 14.6. The molecule has 0 saturated heterocycles. The van der Waals surface area contributed by atoms with Crippen LogP contribution in [0.2, 0.25) is 0 Å². The van der Waals surface area contributed by atoms with Crippen molar-refractivity contribution < 1.29 is 33.6 Å². The van der Waals surface area contributed by atoms with Gasteiger partial charge in [-0.1, -0.05) is 102 Å². The number of carbonyl (C=O) groups is 7. The average molecular weight is 1050 g/mol. The van der Waals surface area contributed by atoms with Gasteiger partial charge >= 0.3 is 0 Å². The van der Waals surface area contributed by atoms with Crippen molar-refractivity contribution in [3.63, 3.8) is 0 Å². The zero-order valence-corrected chi connectivity index (χ0v) is 46.0. The van der Waals surface area contributed by atoms with Crippen LogP contribution < -0.4 is 42.5 Å². The molecule has 0 radical (unpaired) electrons. The summed E-state index contributed by atoms with van der Waals surface area (Å²) >= 11 is 0. The number of ketones is 1. The molecule has 0 aromatic heterocycles. The standard InChI is InChI=1S/C56H78N8O7.2ClH/c1-34(57-9)50(67)63-48(55(3,4)5)47(66)41-32-38(33-42(41)52(69)60-43-29-20-24-36-22-16-18-26-39(36)43)59-46(65)31-15-13-11-12-14-28-45(53(70)61-44-30-21-25-37-23-17-19-27-40(37)44)62-54(71)49(56(6,7)8)64-51(68)35(2)58-10;;/h16-19,22-23,26-27,34-35,38,41-45,48-49,57-58H,15,20-21,24-25,28-33H2,1-10H3,(H,59,65)(H,60,69)(H,61,70)(H,62,71)(H,63,67)(H,64,68);2*1H/t34-,35-,38+,41?,42+,43+,44+,45-,48+,49?;;/m0../s1. The predicted molar refractivity (Wildman–Crippen MR) is 289 cm³/mol. The molecule has 0 heterocycles. The normalized spacial score (nSPS) is 20.9. The van der Waals surface area contributed by atoms with E-state index >= 15 is 0 Å². The molecule has 2 aromatic rings. The molecule has 400 valence electrons. The fourth-order valence-electron chi connectivity index (χ4n) is 9.76. The summed E-state index contributed by atoms with van der Waals surface area (Å²) in [6, 6.07) is 11.2. The van der Waals surface area contributed by atoms with Gasteiger partial charge in [-0.15, -0.1) is 24.8 Å². The second kappa shape index (κ2) is 28.3. The molecule has 73 heavy (non-hydrogen) atoms. The molecule has 0 spiro atoms. The molecule has 6 amide bonds. The molecular weight excluding hydrogens is 968 g/mol. The van der Waals surface area contributed by atoms with Gasteiger partial charge in [-0.25, -0.2) is 0 Å². The number of halogens is 2. The fourth-order valence-corrected chi connectivity index (χ4v) is 9.76. The van der Waals surface area contributed by atoms with Crippen LogP contribution in [0.4, 0.5) is 0 Å². The average Bonchev–Trinajstić information content (AvgIpc) is 3.76. The minimum atomic E-state index is -1.06. The van der Waals surface area contributed by atoms with Gasteiger partial charge < -0.3 is 42.5 Å². The first-order valence-corrected chi connectivity index (χ1v) is 25.4. The summed E-state index contributed by atoms with van der Waals surface area (Å²) in [5.41, 5.74) is 3.14. The van der Waals surface area contributed by atoms with Gasteiger partial charge in [-0.05, 0) is 124 Å². The van der Waals surface area contributed by atoms with Gasteiger partial charge in [-0.2, -0.15) is 0 Å². The van der Waals surface area contributed by atoms with Gasteiger partial charge in [0.25, 0.3) is 0 Å². The van der Waals surface area contributed by atoms with Crippen molar-refractivity contribution in [2.45, 2.75) is 174 Å². The van der Waals surface area contributed by atoms with Crippen molar-refractivity contribution in [1.82, 2.24) is 42.5 Å². The Kier molecular flexibility index (Phi) is 24.0. The molecular formula is C56H80Cl2N8O7. The molecule has 2 unspecified atom stereocenters. The SMILES string of the molecule is CN[C@@H](C)C(=O)NC(C(=O)N[C@@H](CC#CC#CCCC(=O)N[C@@H]1CC(C(=O)[C@@H](NC(=O)[C@H](C)NC)C(C)(C)C)[C@H](C(=O)N[C@@H]2CCCc3ccccc32)C1)C(=O)N[C@@H]1CCCc2ccccc21)C(C)(C)C.Cl.Cl. The molecule has 1 fully saturated rings. The van der Waals surface area contributed by atoms with Gasteiger partial charge in [0, 0.05) is 37.1 Å². The lowest BCUT2D eigenvalue weighted by Gasteiger charge is -2.34. The highest BCUT2D eigenvalue weighted by Crippen LogP contribution is 2.38. The lowest BCUT2D eigenvalue weighted by atomic mass is 9.77. The van der Waals surface area contributed by atoms with Crippen LogP contribution in [-0.2, 0) is 46.4 Å². The van der Waals surface area contributed by atoms with E-state index in [1.807, 2.05) is 77.9 Å². The van der Waals surface area contributed by atoms with Gasteiger partial charge in [-0.3, -0.25) is 33.6 Å². The van der Waals surface area contributed by atoms with Crippen molar-refractivity contribution >= 4 is 66.0 Å². The third kappa shape index (κ3) is 17.3. The van der Waals surface area contributed by atoms with Crippen LogP contribution in [0.1, 0.15) is 148 Å². The molecule has 0 aliphatic heterocycles. The largest absolute Gasteiger partial charge is 0.353 e. The van der Waals surface area contributed by atoms with Crippen LogP contribution in [0.25, 0.3) is 0 Å². The van der Waals surface area contributed by atoms with E-state index in [2.05, 4.69) is 78.3 Å². The van der Waals surface area contributed by atoms with Crippen molar-refractivity contribution in [1.29, 1.82) is 0 Å². The molecule has 3 aliphatic carbocycles. The van der Waals surface area contributed by atoms with Gasteiger partial charge in [0.1, 0.15) is 12.1 Å². The number of nitrogens with one attached hydrogen (secondary N) is 8. The number of hydrogen-bond acceptors (Lipinski definition) is 9. The van der Waals surface area contributed by atoms with Crippen molar-refractivity contribution in [2.24, 2.45) is 22.7 Å². The minimum Gasteiger partial charge on any atom is -0.353 e. The lowest BCUT2D eigenvalue weighted by molar-refractivity contribution is -0.137. The molecule has 8 N–H and O–H groups in total. The zero-order valence-electron chi connectivity index (χ0n) is 44.3. The van der Waals surface area contributed by atoms with E-state index in [-0.39, 0.29) is 98.4 Å². The van der Waals surface area contributed by atoms with Gasteiger partial charge in [0.05, 0.1) is 30.2 Å². The highest BCUT2D eigenvalue weighted by atomic mass is 35.5. The Hall–Kier alpha value is -5.45. The predicted octanol–water partition coefficient (Wildman–Crippen LogP) is 5.24. The summed E-state index contributed by atoms with van der Waals surface area (Å²) in [6.07, 6.45) is 5.85. The third-order valence-corrected chi connectivity index (χ3v) is 14.2. The summed E-state index contributed by atoms with van der Waals surface area (Å²) in [5, 5.41) is 23.9. The maximum Gasteiger partial charge on any atom is 0.244 e. The van der Waals surface area contributed by atoms with Crippen molar-refractivity contribution in [3.8, 4) is 23.7 Å². The van der Waals surface area contributed by atoms with Crippen molar-refractivity contribution in [3.05, 3.63) is 70.8 Å². The smallest absolute Gasteiger partial charge is 0.244 e. The van der Waals surface area contributed by atoms with Gasteiger partial charge in [0.2, 0.25) is 35.4 Å². The number of fused-ring (bicyclic) bond motifs is 2. The Morgan fingerprint density at radius 3 is 1.63 bits per heavy atom. The number of hydrogen-bond donors (Lipinski definition) is 8. The van der Waals surface area contributed by atoms with Crippen LogP contribution in [0.15, 0.2) is 48.5 Å². The first-order chi connectivity index (χ1) is 33.6. The summed E-state index contributed by atoms with van der Waals surface area (Å²) in [7, 11) is 3.33. The Morgan fingerprint density at radius 2 is 1.10 bits per heavy atom. The highest BCUT2D eigenvalue weighted by Gasteiger charge is 2.48. The van der Waals surface area contributed by atoms with Crippen LogP contribution in [-0.4, -0.2) is 91.6 Å². The van der Waals surface area contributed by atoms with E-state index in [1.165, 1.54) is 11.1 Å². The number of carbonyl (C=O) groups excluding carboxylic acids is 7. The number of Topliss-reactive ketones (excluding diaryl/α,β-unsaturated/α-hetero) is 1. The van der Waals surface area contributed by atoms with Crippen LogP contribution in [0.3, 0.4) is 0 Å². The zero-order chi connectivity index (χ0) is 52.0. The second-order valence-corrected chi connectivity index (χ2v) is 21.7. The quantitative estimate of drug-likeness (QED) is 0.0916. The molecule has 15 nitrogen and oxygen atoms in total. The van der Waals surface area contributed by atoms with Gasteiger partial charge in [0.15, 0.2) is 5.78 Å². The number of amides is 6. The molecule has 0 bridgehead atoms. The first-order valence-electron chi connectivity index (χ1n) is 25.4. The molecule has 3 aliphatic rings. The Morgan fingerprint density at radius 1 is 0.603 bits per heavy atom. The topological polar surface area (TPSA) is 216 Å². The van der Waals surface area contributed by atoms with E-state index in [1.54, 1.807) is 27.9 Å². The molecule has 2 aromatic carbocycles. The number of rotatable bonds is 18. The van der Waals surface area contributed by atoms with Crippen LogP contribution in [0, 0.1) is 46.3 Å². The highest BCUT2D eigenvalue weighted by molar-refractivity contribution is 5.97. The van der Waals surface area contributed by atoms with E-state index in [0.717, 1.165) is 49.7 Å².